The van der Waals surface area contributed by atoms with Gasteiger partial charge in [0.1, 0.15) is 17.2 Å². The minimum absolute atomic E-state index is 0.219. The van der Waals surface area contributed by atoms with E-state index >= 15 is 0 Å². The van der Waals surface area contributed by atoms with Gasteiger partial charge in [-0.15, -0.1) is 0 Å². The van der Waals surface area contributed by atoms with Crippen molar-refractivity contribution in [3.05, 3.63) is 78.2 Å². The van der Waals surface area contributed by atoms with E-state index < -0.39 is 5.91 Å². The number of pyridine rings is 2. The fraction of sp³-hybridized carbons (Fsp3) is 0.0500. The first kappa shape index (κ1) is 15.8. The lowest BCUT2D eigenvalue weighted by Crippen LogP contribution is -2.14. The van der Waals surface area contributed by atoms with Crippen LogP contribution in [0.15, 0.2) is 67.0 Å². The van der Waals surface area contributed by atoms with Crippen molar-refractivity contribution in [2.24, 2.45) is 5.73 Å². The summed E-state index contributed by atoms with van der Waals surface area (Å²) >= 11 is 0. The molecular formula is C20H17N5O. The predicted octanol–water partition coefficient (Wildman–Crippen LogP) is 3.34. The number of rotatable bonds is 5. The normalized spacial score (nSPS) is 10.8. The highest BCUT2D eigenvalue weighted by atomic mass is 16.1. The van der Waals surface area contributed by atoms with E-state index in [-0.39, 0.29) is 5.69 Å². The Bertz CT molecular complexity index is 1070. The molecule has 0 radical (unpaired) electrons. The zero-order valence-corrected chi connectivity index (χ0v) is 13.9. The summed E-state index contributed by atoms with van der Waals surface area (Å²) in [4.78, 5) is 23.5. The number of carbonyl (C=O) groups excluding carboxylic acids is 1. The first-order valence-corrected chi connectivity index (χ1v) is 8.23. The molecule has 0 saturated heterocycles. The first-order valence-electron chi connectivity index (χ1n) is 8.23. The summed E-state index contributed by atoms with van der Waals surface area (Å²) < 4.78 is 0. The fourth-order valence-corrected chi connectivity index (χ4v) is 2.89. The minimum Gasteiger partial charge on any atom is -0.366 e. The van der Waals surface area contributed by atoms with E-state index in [0.29, 0.717) is 12.4 Å². The van der Waals surface area contributed by atoms with Crippen molar-refractivity contribution >= 4 is 22.8 Å². The number of nitrogens with zero attached hydrogens (tertiary/aromatic N) is 2. The Hall–Kier alpha value is -3.67. The molecule has 3 aromatic heterocycles. The zero-order valence-electron chi connectivity index (χ0n) is 13.9. The molecule has 4 aromatic rings. The molecule has 0 atom stereocenters. The Kier molecular flexibility index (Phi) is 4.07. The molecule has 0 bridgehead atoms. The molecule has 0 spiro atoms. The smallest absolute Gasteiger partial charge is 0.267 e. The Balaban J connectivity index is 1.72. The number of aromatic amines is 1. The Labute approximate surface area is 150 Å². The summed E-state index contributed by atoms with van der Waals surface area (Å²) in [6.45, 7) is 0.602. The molecule has 6 nitrogen and oxygen atoms in total. The summed E-state index contributed by atoms with van der Waals surface area (Å²) in [5.74, 6) is 0.0333. The van der Waals surface area contributed by atoms with Crippen LogP contribution in [0, 0.1) is 0 Å². The second kappa shape index (κ2) is 6.68. The molecule has 128 valence electrons. The van der Waals surface area contributed by atoms with E-state index in [0.717, 1.165) is 27.7 Å². The highest BCUT2D eigenvalue weighted by molar-refractivity contribution is 5.97. The van der Waals surface area contributed by atoms with E-state index in [1.807, 2.05) is 54.7 Å². The molecule has 4 rings (SSSR count). The number of hydrogen-bond donors (Lipinski definition) is 3. The number of H-pyrrole nitrogens is 1. The minimum atomic E-state index is -0.562. The summed E-state index contributed by atoms with van der Waals surface area (Å²) in [6.07, 6.45) is 3.61. The number of nitrogens with one attached hydrogen (secondary N) is 2. The van der Waals surface area contributed by atoms with Crippen LogP contribution in [-0.4, -0.2) is 20.9 Å². The van der Waals surface area contributed by atoms with Crippen molar-refractivity contribution in [2.45, 2.75) is 6.54 Å². The zero-order chi connectivity index (χ0) is 17.9. The Morgan fingerprint density at radius 1 is 1.12 bits per heavy atom. The third-order valence-corrected chi connectivity index (χ3v) is 4.16. The number of carbonyl (C=O) groups is 1. The number of aromatic nitrogens is 3. The molecule has 26 heavy (non-hydrogen) atoms. The summed E-state index contributed by atoms with van der Waals surface area (Å²) in [5.41, 5.74) is 9.40. The molecule has 3 heterocycles. The number of hydrogen-bond acceptors (Lipinski definition) is 4. The largest absolute Gasteiger partial charge is 0.366 e. The maximum Gasteiger partial charge on any atom is 0.267 e. The van der Waals surface area contributed by atoms with Crippen LogP contribution in [0.2, 0.25) is 0 Å². The van der Waals surface area contributed by atoms with E-state index in [1.54, 1.807) is 12.3 Å². The Morgan fingerprint density at radius 2 is 1.96 bits per heavy atom. The molecule has 6 heteroatoms. The van der Waals surface area contributed by atoms with Gasteiger partial charge in [-0.3, -0.25) is 4.79 Å². The van der Waals surface area contributed by atoms with E-state index in [2.05, 4.69) is 20.3 Å². The molecule has 0 aliphatic rings. The fourth-order valence-electron chi connectivity index (χ4n) is 2.89. The average Bonchev–Trinajstić information content (AvgIpc) is 3.11. The van der Waals surface area contributed by atoms with Gasteiger partial charge >= 0.3 is 0 Å². The monoisotopic (exact) mass is 343 g/mol. The second-order valence-electron chi connectivity index (χ2n) is 5.93. The number of fused-ring (bicyclic) bond motifs is 1. The van der Waals surface area contributed by atoms with Crippen molar-refractivity contribution in [3.63, 3.8) is 0 Å². The van der Waals surface area contributed by atoms with Gasteiger partial charge in [-0.25, -0.2) is 9.97 Å². The third-order valence-electron chi connectivity index (χ3n) is 4.16. The molecule has 0 fully saturated rings. The van der Waals surface area contributed by atoms with Crippen LogP contribution >= 0.6 is 0 Å². The van der Waals surface area contributed by atoms with Gasteiger partial charge in [-0.2, -0.15) is 0 Å². The van der Waals surface area contributed by atoms with Crippen LogP contribution in [0.1, 0.15) is 16.1 Å². The lowest BCUT2D eigenvalue weighted by atomic mass is 10.1. The van der Waals surface area contributed by atoms with Crippen molar-refractivity contribution < 1.29 is 4.79 Å². The lowest BCUT2D eigenvalue weighted by molar-refractivity contribution is 0.0995. The summed E-state index contributed by atoms with van der Waals surface area (Å²) in [5, 5.41) is 4.24. The van der Waals surface area contributed by atoms with Crippen LogP contribution in [-0.2, 0) is 6.54 Å². The van der Waals surface area contributed by atoms with Gasteiger partial charge in [0.25, 0.3) is 5.91 Å². The van der Waals surface area contributed by atoms with Crippen LogP contribution in [0.5, 0.6) is 0 Å². The maximum absolute atomic E-state index is 11.7. The van der Waals surface area contributed by atoms with Crippen LogP contribution in [0.25, 0.3) is 22.2 Å². The van der Waals surface area contributed by atoms with Gasteiger partial charge in [0.2, 0.25) is 0 Å². The van der Waals surface area contributed by atoms with E-state index in [4.69, 9.17) is 5.73 Å². The molecular weight excluding hydrogens is 326 g/mol. The number of nitrogens with two attached hydrogens (primary N) is 1. The average molecular weight is 343 g/mol. The third kappa shape index (κ3) is 3.12. The van der Waals surface area contributed by atoms with Gasteiger partial charge in [0, 0.05) is 29.9 Å². The molecule has 0 saturated carbocycles. The standard InChI is InChI=1S/C20H17N5O/c21-19(26)17-9-14(16-12-24-20-15(16)7-4-8-22-20)10-18(25-17)23-11-13-5-2-1-3-6-13/h1-10,12H,11H2,(H2,21,26)(H,22,24)(H,23,25). The predicted molar refractivity (Wildman–Crippen MR) is 102 cm³/mol. The summed E-state index contributed by atoms with van der Waals surface area (Å²) in [7, 11) is 0. The molecule has 0 aliphatic carbocycles. The lowest BCUT2D eigenvalue weighted by Gasteiger charge is -2.09. The quantitative estimate of drug-likeness (QED) is 0.518. The number of primary amides is 1. The van der Waals surface area contributed by atoms with Crippen LogP contribution in [0.4, 0.5) is 5.82 Å². The maximum atomic E-state index is 11.7. The highest BCUT2D eigenvalue weighted by Gasteiger charge is 2.12. The first-order chi connectivity index (χ1) is 12.7. The van der Waals surface area contributed by atoms with Gasteiger partial charge in [0.05, 0.1) is 0 Å². The SMILES string of the molecule is NC(=O)c1cc(-c2c[nH]c3ncccc23)cc(NCc2ccccc2)n1. The van der Waals surface area contributed by atoms with Gasteiger partial charge in [-0.1, -0.05) is 30.3 Å². The van der Waals surface area contributed by atoms with E-state index in [9.17, 15) is 4.79 Å². The van der Waals surface area contributed by atoms with Crippen molar-refractivity contribution in [1.29, 1.82) is 0 Å². The summed E-state index contributed by atoms with van der Waals surface area (Å²) in [6, 6.07) is 17.5. The highest BCUT2D eigenvalue weighted by Crippen LogP contribution is 2.29. The van der Waals surface area contributed by atoms with Crippen LogP contribution < -0.4 is 11.1 Å². The van der Waals surface area contributed by atoms with Crippen molar-refractivity contribution in [2.75, 3.05) is 5.32 Å². The Morgan fingerprint density at radius 3 is 2.77 bits per heavy atom. The number of amides is 1. The molecule has 4 N–H and O–H groups in total. The second-order valence-corrected chi connectivity index (χ2v) is 5.93. The molecule has 0 aliphatic heterocycles. The van der Waals surface area contributed by atoms with Crippen molar-refractivity contribution in [3.8, 4) is 11.1 Å². The molecule has 0 unspecified atom stereocenters. The van der Waals surface area contributed by atoms with Gasteiger partial charge in [0.15, 0.2) is 0 Å². The van der Waals surface area contributed by atoms with Crippen molar-refractivity contribution in [1.82, 2.24) is 15.0 Å². The molecule has 1 aromatic carbocycles. The van der Waals surface area contributed by atoms with Gasteiger partial charge < -0.3 is 16.0 Å². The van der Waals surface area contributed by atoms with Crippen LogP contribution in [0.3, 0.4) is 0 Å². The van der Waals surface area contributed by atoms with Gasteiger partial charge in [-0.05, 0) is 35.4 Å². The topological polar surface area (TPSA) is 96.7 Å². The number of benzene rings is 1. The van der Waals surface area contributed by atoms with E-state index in [1.165, 1.54) is 0 Å². The number of anilines is 1. The molecule has 1 amide bonds.